The molecule has 6 nitrogen and oxygen atoms in total. The van der Waals surface area contributed by atoms with E-state index in [4.69, 9.17) is 14.6 Å². The molecule has 1 fully saturated rings. The van der Waals surface area contributed by atoms with Gasteiger partial charge in [0.05, 0.1) is 17.9 Å². The summed E-state index contributed by atoms with van der Waals surface area (Å²) < 4.78 is 14.3. The average Bonchev–Trinajstić information content (AvgIpc) is 3.26. The lowest BCUT2D eigenvalue weighted by molar-refractivity contribution is -0.300. The second-order valence-corrected chi connectivity index (χ2v) is 10.3. The molecule has 2 aromatic carbocycles. The summed E-state index contributed by atoms with van der Waals surface area (Å²) in [7, 11) is 0. The number of ether oxygens (including phenoxy) is 2. The van der Waals surface area contributed by atoms with E-state index in [0.29, 0.717) is 12.2 Å². The monoisotopic (exact) mass is 489 g/mol. The molecule has 1 aromatic heterocycles. The quantitative estimate of drug-likeness (QED) is 0.390. The normalized spacial score (nSPS) is 19.4. The molecule has 1 aliphatic heterocycles. The van der Waals surface area contributed by atoms with Gasteiger partial charge in [-0.25, -0.2) is 4.68 Å². The fraction of sp³-hybridized carbons (Fsp3) is 0.467. The Labute approximate surface area is 215 Å². The van der Waals surface area contributed by atoms with Crippen molar-refractivity contribution in [2.24, 2.45) is 0 Å². The average molecular weight is 490 g/mol. The van der Waals surface area contributed by atoms with Gasteiger partial charge in [0.2, 0.25) is 0 Å². The zero-order chi connectivity index (χ0) is 25.7. The highest BCUT2D eigenvalue weighted by Crippen LogP contribution is 2.33. The Kier molecular flexibility index (Phi) is 8.27. The molecule has 1 N–H and O–H groups in total. The van der Waals surface area contributed by atoms with Gasteiger partial charge in [0.15, 0.2) is 11.5 Å². The van der Waals surface area contributed by atoms with Crippen LogP contribution in [0.3, 0.4) is 0 Å². The van der Waals surface area contributed by atoms with Crippen molar-refractivity contribution in [3.8, 4) is 5.69 Å². The van der Waals surface area contributed by atoms with Crippen LogP contribution in [-0.4, -0.2) is 33.7 Å². The highest BCUT2D eigenvalue weighted by atomic mass is 16.7. The van der Waals surface area contributed by atoms with Gasteiger partial charge < -0.3 is 14.8 Å². The van der Waals surface area contributed by atoms with Crippen molar-refractivity contribution >= 4 is 5.91 Å². The van der Waals surface area contributed by atoms with E-state index in [1.807, 2.05) is 79.2 Å². The van der Waals surface area contributed by atoms with Gasteiger partial charge in [0.1, 0.15) is 0 Å². The summed E-state index contributed by atoms with van der Waals surface area (Å²) in [6.45, 7) is 10.9. The SMILES string of the molecule is CC[C@H]1C[C@@H](CCc2c(C(C)C)c(C(=O)NCc3ccccc3)nn2-c2ccccc2)OC(C)(C)O1. The predicted molar refractivity (Wildman–Crippen MR) is 142 cm³/mol. The van der Waals surface area contributed by atoms with Gasteiger partial charge in [0.25, 0.3) is 5.91 Å². The van der Waals surface area contributed by atoms with Crippen molar-refractivity contribution in [2.45, 2.75) is 90.8 Å². The largest absolute Gasteiger partial charge is 0.347 e. The first-order valence-electron chi connectivity index (χ1n) is 13.1. The van der Waals surface area contributed by atoms with Crippen LogP contribution in [0, 0.1) is 0 Å². The summed E-state index contributed by atoms with van der Waals surface area (Å²) in [5.41, 5.74) is 4.59. The fourth-order valence-corrected chi connectivity index (χ4v) is 5.07. The number of carbonyl (C=O) groups excluding carboxylic acids is 1. The minimum atomic E-state index is -0.591. The molecule has 0 saturated carbocycles. The van der Waals surface area contributed by atoms with Gasteiger partial charge in [-0.2, -0.15) is 5.10 Å². The van der Waals surface area contributed by atoms with Crippen LogP contribution in [0.25, 0.3) is 5.69 Å². The first-order valence-corrected chi connectivity index (χ1v) is 13.1. The number of carbonyl (C=O) groups is 1. The van der Waals surface area contributed by atoms with Gasteiger partial charge in [-0.1, -0.05) is 69.3 Å². The maximum atomic E-state index is 13.4. The molecule has 192 valence electrons. The molecule has 6 heteroatoms. The summed E-state index contributed by atoms with van der Waals surface area (Å²) in [6, 6.07) is 20.0. The van der Waals surface area contributed by atoms with Crippen LogP contribution in [-0.2, 0) is 22.4 Å². The van der Waals surface area contributed by atoms with Crippen molar-refractivity contribution in [2.75, 3.05) is 0 Å². The number of para-hydroxylation sites is 1. The predicted octanol–water partition coefficient (Wildman–Crippen LogP) is 6.18. The molecule has 2 heterocycles. The zero-order valence-electron chi connectivity index (χ0n) is 22.2. The second-order valence-electron chi connectivity index (χ2n) is 10.3. The Bertz CT molecular complexity index is 1140. The number of hydrogen-bond acceptors (Lipinski definition) is 4. The third kappa shape index (κ3) is 6.23. The molecule has 1 aliphatic rings. The molecule has 3 aromatic rings. The molecule has 0 spiro atoms. The number of aromatic nitrogens is 2. The van der Waals surface area contributed by atoms with Gasteiger partial charge in [-0.3, -0.25) is 4.79 Å². The van der Waals surface area contributed by atoms with E-state index in [-0.39, 0.29) is 24.0 Å². The second kappa shape index (κ2) is 11.4. The van der Waals surface area contributed by atoms with Gasteiger partial charge >= 0.3 is 0 Å². The molecule has 1 amide bonds. The molecule has 0 bridgehead atoms. The van der Waals surface area contributed by atoms with Crippen LogP contribution in [0.1, 0.15) is 87.1 Å². The molecule has 2 atom stereocenters. The Morgan fingerprint density at radius 1 is 1.06 bits per heavy atom. The molecule has 4 rings (SSSR count). The third-order valence-electron chi connectivity index (χ3n) is 6.70. The van der Waals surface area contributed by atoms with E-state index in [1.54, 1.807) is 0 Å². The minimum absolute atomic E-state index is 0.0909. The van der Waals surface area contributed by atoms with Crippen LogP contribution >= 0.6 is 0 Å². The molecular weight excluding hydrogens is 450 g/mol. The van der Waals surface area contributed by atoms with Crippen LogP contribution in [0.5, 0.6) is 0 Å². The Morgan fingerprint density at radius 2 is 1.69 bits per heavy atom. The molecule has 0 aliphatic carbocycles. The van der Waals surface area contributed by atoms with Crippen LogP contribution in [0.15, 0.2) is 60.7 Å². The lowest BCUT2D eigenvalue weighted by Gasteiger charge is -2.40. The summed E-state index contributed by atoms with van der Waals surface area (Å²) >= 11 is 0. The number of rotatable bonds is 9. The summed E-state index contributed by atoms with van der Waals surface area (Å²) in [6.07, 6.45) is 3.73. The van der Waals surface area contributed by atoms with E-state index in [2.05, 4.69) is 26.1 Å². The summed E-state index contributed by atoms with van der Waals surface area (Å²) in [4.78, 5) is 13.4. The van der Waals surface area contributed by atoms with Crippen molar-refractivity contribution in [1.82, 2.24) is 15.1 Å². The fourth-order valence-electron chi connectivity index (χ4n) is 5.07. The number of benzene rings is 2. The maximum Gasteiger partial charge on any atom is 0.272 e. The van der Waals surface area contributed by atoms with Crippen molar-refractivity contribution in [3.05, 3.63) is 83.2 Å². The Morgan fingerprint density at radius 3 is 2.33 bits per heavy atom. The summed E-state index contributed by atoms with van der Waals surface area (Å²) in [5, 5.41) is 7.95. The van der Waals surface area contributed by atoms with E-state index in [0.717, 1.165) is 48.2 Å². The number of hydrogen-bond donors (Lipinski definition) is 1. The molecule has 0 radical (unpaired) electrons. The van der Waals surface area contributed by atoms with Crippen LogP contribution in [0.4, 0.5) is 0 Å². The van der Waals surface area contributed by atoms with E-state index in [9.17, 15) is 4.79 Å². The van der Waals surface area contributed by atoms with Gasteiger partial charge in [-0.05, 0) is 56.7 Å². The number of nitrogens with zero attached hydrogens (tertiary/aromatic N) is 2. The lowest BCUT2D eigenvalue weighted by Crippen LogP contribution is -2.44. The zero-order valence-corrected chi connectivity index (χ0v) is 22.2. The Balaban J connectivity index is 1.63. The number of amides is 1. The van der Waals surface area contributed by atoms with E-state index < -0.39 is 5.79 Å². The molecule has 0 unspecified atom stereocenters. The van der Waals surface area contributed by atoms with Crippen LogP contribution in [0.2, 0.25) is 0 Å². The Hall–Kier alpha value is -2.96. The molecule has 1 saturated heterocycles. The highest BCUT2D eigenvalue weighted by Gasteiger charge is 2.35. The number of nitrogens with one attached hydrogen (secondary N) is 1. The highest BCUT2D eigenvalue weighted by molar-refractivity contribution is 5.94. The maximum absolute atomic E-state index is 13.4. The van der Waals surface area contributed by atoms with E-state index >= 15 is 0 Å². The topological polar surface area (TPSA) is 65.4 Å². The standard InChI is InChI=1S/C30H39N3O3/c1-6-24-19-25(36-30(4,5)35-24)17-18-26-27(21(2)3)28(32-33(26)23-15-11-8-12-16-23)29(34)31-20-22-13-9-7-10-14-22/h7-16,21,24-25H,6,17-20H2,1-5H3,(H,31,34)/t24-,25+/m0/s1. The molecule has 36 heavy (non-hydrogen) atoms. The smallest absolute Gasteiger partial charge is 0.272 e. The third-order valence-corrected chi connectivity index (χ3v) is 6.70. The first-order chi connectivity index (χ1) is 17.3. The van der Waals surface area contributed by atoms with Gasteiger partial charge in [-0.15, -0.1) is 0 Å². The first kappa shape index (κ1) is 26.1. The lowest BCUT2D eigenvalue weighted by atomic mass is 9.95. The van der Waals surface area contributed by atoms with Crippen molar-refractivity contribution in [3.63, 3.8) is 0 Å². The van der Waals surface area contributed by atoms with Gasteiger partial charge in [0, 0.05) is 24.2 Å². The van der Waals surface area contributed by atoms with Crippen molar-refractivity contribution < 1.29 is 14.3 Å². The minimum Gasteiger partial charge on any atom is -0.347 e. The summed E-state index contributed by atoms with van der Waals surface area (Å²) in [5.74, 6) is -0.592. The van der Waals surface area contributed by atoms with E-state index in [1.165, 1.54) is 0 Å². The van der Waals surface area contributed by atoms with Crippen LogP contribution < -0.4 is 5.32 Å². The molecular formula is C30H39N3O3. The van der Waals surface area contributed by atoms with Crippen molar-refractivity contribution in [1.29, 1.82) is 0 Å².